The Kier molecular flexibility index (Phi) is 5.25. The average molecular weight is 417 g/mol. The SMILES string of the molecule is COc1ccc(C(=O)Nc2c(Cl)ncc3c2n(C2CCNCC2)c(=O)n3C)cn1. The van der Waals surface area contributed by atoms with Crippen LogP contribution in [0.3, 0.4) is 0 Å². The molecule has 0 saturated carbocycles. The molecule has 10 heteroatoms. The number of nitrogens with zero attached hydrogens (tertiary/aromatic N) is 4. The Hall–Kier alpha value is -2.91. The van der Waals surface area contributed by atoms with Gasteiger partial charge in [0.1, 0.15) is 5.69 Å². The highest BCUT2D eigenvalue weighted by atomic mass is 35.5. The number of ether oxygens (including phenoxy) is 1. The van der Waals surface area contributed by atoms with Crippen LogP contribution in [0.15, 0.2) is 29.3 Å². The van der Waals surface area contributed by atoms with E-state index in [0.29, 0.717) is 28.2 Å². The number of fused-ring (bicyclic) bond motifs is 1. The summed E-state index contributed by atoms with van der Waals surface area (Å²) in [6.07, 6.45) is 4.60. The molecule has 0 radical (unpaired) electrons. The second kappa shape index (κ2) is 7.84. The average Bonchev–Trinajstić information content (AvgIpc) is 3.01. The molecule has 3 aromatic rings. The summed E-state index contributed by atoms with van der Waals surface area (Å²) in [6.45, 7) is 1.65. The number of carbonyl (C=O) groups excluding carboxylic acids is 1. The fourth-order valence-corrected chi connectivity index (χ4v) is 3.84. The largest absolute Gasteiger partial charge is 0.481 e. The summed E-state index contributed by atoms with van der Waals surface area (Å²) in [5.74, 6) is 0.00988. The third-order valence-electron chi connectivity index (χ3n) is 5.20. The molecular formula is C19H21ClN6O3. The van der Waals surface area contributed by atoms with Gasteiger partial charge in [-0.2, -0.15) is 0 Å². The molecule has 2 N–H and O–H groups in total. The molecule has 4 heterocycles. The summed E-state index contributed by atoms with van der Waals surface area (Å²) < 4.78 is 8.28. The molecular weight excluding hydrogens is 396 g/mol. The number of pyridine rings is 2. The molecule has 1 saturated heterocycles. The molecule has 9 nitrogen and oxygen atoms in total. The number of carbonyl (C=O) groups is 1. The van der Waals surface area contributed by atoms with E-state index < -0.39 is 5.91 Å². The molecule has 0 bridgehead atoms. The summed E-state index contributed by atoms with van der Waals surface area (Å²) in [7, 11) is 3.19. The number of imidazole rings is 1. The number of aryl methyl sites for hydroxylation is 1. The molecule has 0 spiro atoms. The lowest BCUT2D eigenvalue weighted by Crippen LogP contribution is -2.34. The molecule has 0 unspecified atom stereocenters. The van der Waals surface area contributed by atoms with Crippen LogP contribution in [0.4, 0.5) is 5.69 Å². The van der Waals surface area contributed by atoms with Gasteiger partial charge in [0, 0.05) is 25.4 Å². The van der Waals surface area contributed by atoms with Crippen LogP contribution in [0.1, 0.15) is 29.2 Å². The van der Waals surface area contributed by atoms with Gasteiger partial charge in [0.2, 0.25) is 5.88 Å². The van der Waals surface area contributed by atoms with Gasteiger partial charge in [0.05, 0.1) is 29.9 Å². The second-order valence-corrected chi connectivity index (χ2v) is 7.25. The normalized spacial score (nSPS) is 14.9. The predicted octanol–water partition coefficient (Wildman–Crippen LogP) is 1.97. The number of nitrogens with one attached hydrogen (secondary N) is 2. The maximum absolute atomic E-state index is 13.0. The minimum atomic E-state index is -0.399. The van der Waals surface area contributed by atoms with Crippen LogP contribution >= 0.6 is 11.6 Å². The monoisotopic (exact) mass is 416 g/mol. The van der Waals surface area contributed by atoms with Gasteiger partial charge in [-0.1, -0.05) is 11.6 Å². The first kappa shape index (κ1) is 19.4. The van der Waals surface area contributed by atoms with Crippen LogP contribution in [-0.2, 0) is 7.05 Å². The van der Waals surface area contributed by atoms with Gasteiger partial charge in [0.25, 0.3) is 5.91 Å². The fraction of sp³-hybridized carbons (Fsp3) is 0.368. The van der Waals surface area contributed by atoms with Crippen molar-refractivity contribution in [3.05, 3.63) is 45.7 Å². The Morgan fingerprint density at radius 3 is 2.69 bits per heavy atom. The van der Waals surface area contributed by atoms with E-state index in [4.69, 9.17) is 16.3 Å². The number of halogens is 1. The first-order valence-corrected chi connectivity index (χ1v) is 9.66. The maximum atomic E-state index is 13.0. The van der Waals surface area contributed by atoms with Crippen LogP contribution in [-0.4, -0.2) is 45.2 Å². The molecule has 4 rings (SSSR count). The topological polar surface area (TPSA) is 103 Å². The standard InChI is InChI=1S/C19H21ClN6O3/c1-25-13-10-23-17(20)15(24-18(27)11-3-4-14(29-2)22-9-11)16(13)26(19(25)28)12-5-7-21-8-6-12/h3-4,9-10,12,21H,5-8H2,1-2H3,(H,24,27). The number of piperidine rings is 1. The molecule has 3 aromatic heterocycles. The Labute approximate surface area is 171 Å². The lowest BCUT2D eigenvalue weighted by atomic mass is 10.1. The molecule has 1 amide bonds. The second-order valence-electron chi connectivity index (χ2n) is 6.89. The van der Waals surface area contributed by atoms with E-state index in [1.54, 1.807) is 29.9 Å². The number of methoxy groups -OCH3 is 1. The summed E-state index contributed by atoms with van der Waals surface area (Å²) in [4.78, 5) is 34.0. The number of hydrogen-bond acceptors (Lipinski definition) is 6. The van der Waals surface area contributed by atoms with Crippen molar-refractivity contribution in [2.45, 2.75) is 18.9 Å². The first-order valence-electron chi connectivity index (χ1n) is 9.28. The van der Waals surface area contributed by atoms with Gasteiger partial charge >= 0.3 is 5.69 Å². The summed E-state index contributed by atoms with van der Waals surface area (Å²) in [5.41, 5.74) is 1.70. The van der Waals surface area contributed by atoms with Gasteiger partial charge in [-0.25, -0.2) is 14.8 Å². The summed E-state index contributed by atoms with van der Waals surface area (Å²) in [5, 5.41) is 6.25. The molecule has 1 aliphatic heterocycles. The van der Waals surface area contributed by atoms with Gasteiger partial charge in [-0.15, -0.1) is 0 Å². The molecule has 0 aliphatic carbocycles. The highest BCUT2D eigenvalue weighted by Gasteiger charge is 2.25. The zero-order valence-corrected chi connectivity index (χ0v) is 16.9. The maximum Gasteiger partial charge on any atom is 0.329 e. The number of aromatic nitrogens is 4. The van der Waals surface area contributed by atoms with Crippen LogP contribution in [0.5, 0.6) is 5.88 Å². The van der Waals surface area contributed by atoms with Crippen molar-refractivity contribution in [2.24, 2.45) is 7.05 Å². The highest BCUT2D eigenvalue weighted by Crippen LogP contribution is 2.32. The van der Waals surface area contributed by atoms with Crippen molar-refractivity contribution < 1.29 is 9.53 Å². The van der Waals surface area contributed by atoms with E-state index in [1.165, 1.54) is 17.9 Å². The van der Waals surface area contributed by atoms with Gasteiger partial charge in [0.15, 0.2) is 5.15 Å². The van der Waals surface area contributed by atoms with Gasteiger partial charge in [-0.3, -0.25) is 13.9 Å². The van der Waals surface area contributed by atoms with Crippen molar-refractivity contribution in [1.82, 2.24) is 24.4 Å². The third kappa shape index (κ3) is 3.47. The third-order valence-corrected chi connectivity index (χ3v) is 5.49. The van der Waals surface area contributed by atoms with Crippen molar-refractivity contribution in [1.29, 1.82) is 0 Å². The number of rotatable bonds is 4. The van der Waals surface area contributed by atoms with Crippen LogP contribution in [0, 0.1) is 0 Å². The smallest absolute Gasteiger partial charge is 0.329 e. The van der Waals surface area contributed by atoms with Crippen molar-refractivity contribution in [3.8, 4) is 5.88 Å². The lowest BCUT2D eigenvalue weighted by Gasteiger charge is -2.24. The van der Waals surface area contributed by atoms with Crippen molar-refractivity contribution >= 4 is 34.2 Å². The van der Waals surface area contributed by atoms with Crippen molar-refractivity contribution in [2.75, 3.05) is 25.5 Å². The highest BCUT2D eigenvalue weighted by molar-refractivity contribution is 6.34. The van der Waals surface area contributed by atoms with Gasteiger partial charge in [-0.05, 0) is 32.0 Å². The molecule has 29 heavy (non-hydrogen) atoms. The van der Waals surface area contributed by atoms with E-state index in [1.807, 2.05) is 0 Å². The quantitative estimate of drug-likeness (QED) is 0.630. The summed E-state index contributed by atoms with van der Waals surface area (Å²) in [6, 6.07) is 3.22. The fourth-order valence-electron chi connectivity index (χ4n) is 3.65. The molecule has 1 fully saturated rings. The van der Waals surface area contributed by atoms with E-state index in [9.17, 15) is 9.59 Å². The minimum Gasteiger partial charge on any atom is -0.481 e. The lowest BCUT2D eigenvalue weighted by molar-refractivity contribution is 0.102. The Morgan fingerprint density at radius 2 is 2.03 bits per heavy atom. The van der Waals surface area contributed by atoms with E-state index in [2.05, 4.69) is 20.6 Å². The zero-order valence-electron chi connectivity index (χ0n) is 16.1. The van der Waals surface area contributed by atoms with Gasteiger partial charge < -0.3 is 15.4 Å². The number of amides is 1. The Bertz CT molecular complexity index is 1120. The molecule has 0 atom stereocenters. The van der Waals surface area contributed by atoms with Crippen LogP contribution in [0.2, 0.25) is 5.15 Å². The first-order chi connectivity index (χ1) is 14.0. The predicted molar refractivity (Wildman–Crippen MR) is 110 cm³/mol. The summed E-state index contributed by atoms with van der Waals surface area (Å²) >= 11 is 6.36. The van der Waals surface area contributed by atoms with E-state index >= 15 is 0 Å². The molecule has 1 aliphatic rings. The number of anilines is 1. The van der Waals surface area contributed by atoms with Crippen molar-refractivity contribution in [3.63, 3.8) is 0 Å². The van der Waals surface area contributed by atoms with E-state index in [0.717, 1.165) is 25.9 Å². The molecule has 0 aromatic carbocycles. The minimum absolute atomic E-state index is 0.0178. The Morgan fingerprint density at radius 1 is 1.28 bits per heavy atom. The number of hydrogen-bond donors (Lipinski definition) is 2. The van der Waals surface area contributed by atoms with Crippen LogP contribution < -0.4 is 21.1 Å². The molecule has 152 valence electrons. The van der Waals surface area contributed by atoms with Crippen LogP contribution in [0.25, 0.3) is 11.0 Å². The zero-order chi connectivity index (χ0) is 20.5. The Balaban J connectivity index is 1.80. The van der Waals surface area contributed by atoms with E-state index in [-0.39, 0.29) is 16.9 Å².